The normalized spacial score (nSPS) is 18.4. The lowest BCUT2D eigenvalue weighted by Crippen LogP contribution is -2.30. The van der Waals surface area contributed by atoms with Crippen LogP contribution >= 0.6 is 11.6 Å². The number of nitrogens with zero attached hydrogens (tertiary/aromatic N) is 3. The molecule has 0 spiro atoms. The van der Waals surface area contributed by atoms with E-state index in [9.17, 15) is 0 Å². The average molecular weight is 241 g/mol. The van der Waals surface area contributed by atoms with Gasteiger partial charge in [0.15, 0.2) is 0 Å². The summed E-state index contributed by atoms with van der Waals surface area (Å²) in [7, 11) is 0. The second-order valence-electron chi connectivity index (χ2n) is 3.60. The predicted molar refractivity (Wildman–Crippen MR) is 70.0 cm³/mol. The van der Waals surface area contributed by atoms with Gasteiger partial charge in [-0.15, -0.1) is 11.6 Å². The Morgan fingerprint density at radius 1 is 1.50 bits per heavy atom. The van der Waals surface area contributed by atoms with Crippen molar-refractivity contribution in [3.05, 3.63) is 11.3 Å². The minimum atomic E-state index is 0.202. The molecule has 1 rings (SSSR count). The van der Waals surface area contributed by atoms with Gasteiger partial charge < -0.3 is 10.3 Å². The number of hydrogen-bond acceptors (Lipinski definition) is 3. The lowest BCUT2D eigenvalue weighted by Gasteiger charge is -2.21. The van der Waals surface area contributed by atoms with Gasteiger partial charge in [0.05, 0.1) is 5.57 Å². The maximum Gasteiger partial charge on any atom is 0.135 e. The van der Waals surface area contributed by atoms with E-state index in [-0.39, 0.29) is 6.00 Å². The SMILES string of the molecule is C=N/C(C)=C(C=N)\C(=N/CCl)N1CCCC1. The zero-order valence-electron chi connectivity index (χ0n) is 9.54. The molecule has 0 aromatic heterocycles. The van der Waals surface area contributed by atoms with Gasteiger partial charge >= 0.3 is 0 Å². The molecule has 1 aliphatic heterocycles. The molecule has 0 atom stereocenters. The van der Waals surface area contributed by atoms with E-state index in [0.717, 1.165) is 31.8 Å². The van der Waals surface area contributed by atoms with Crippen molar-refractivity contribution in [2.75, 3.05) is 19.1 Å². The highest BCUT2D eigenvalue weighted by molar-refractivity contribution is 6.20. The van der Waals surface area contributed by atoms with Crippen molar-refractivity contribution in [1.82, 2.24) is 4.90 Å². The summed E-state index contributed by atoms with van der Waals surface area (Å²) in [6.07, 6.45) is 3.59. The van der Waals surface area contributed by atoms with E-state index >= 15 is 0 Å². The molecule has 0 amide bonds. The van der Waals surface area contributed by atoms with E-state index in [0.29, 0.717) is 11.3 Å². The fourth-order valence-corrected chi connectivity index (χ4v) is 1.87. The van der Waals surface area contributed by atoms with E-state index < -0.39 is 0 Å². The molecule has 1 saturated heterocycles. The molecule has 16 heavy (non-hydrogen) atoms. The standard InChI is InChI=1S/C11H17ClN4/c1-9(14-2)10(7-13)11(15-8-12)16-5-3-4-6-16/h7,13H,2-6,8H2,1H3/b10-9-,13-7?,15-11+. The van der Waals surface area contributed by atoms with Crippen LogP contribution < -0.4 is 0 Å². The fourth-order valence-electron chi connectivity index (χ4n) is 1.76. The smallest absolute Gasteiger partial charge is 0.135 e. The molecule has 5 heteroatoms. The van der Waals surface area contributed by atoms with Gasteiger partial charge in [-0.3, -0.25) is 9.98 Å². The first-order chi connectivity index (χ1) is 7.74. The first-order valence-corrected chi connectivity index (χ1v) is 5.81. The lowest BCUT2D eigenvalue weighted by molar-refractivity contribution is 0.519. The van der Waals surface area contributed by atoms with Gasteiger partial charge in [-0.2, -0.15) is 0 Å². The molecule has 0 unspecified atom stereocenters. The van der Waals surface area contributed by atoms with Crippen LogP contribution in [0, 0.1) is 5.41 Å². The lowest BCUT2D eigenvalue weighted by atomic mass is 10.2. The molecule has 1 N–H and O–H groups in total. The Balaban J connectivity index is 3.04. The summed E-state index contributed by atoms with van der Waals surface area (Å²) in [5.74, 6) is 0.771. The highest BCUT2D eigenvalue weighted by Crippen LogP contribution is 2.15. The van der Waals surface area contributed by atoms with Crippen LogP contribution in [-0.2, 0) is 0 Å². The minimum Gasteiger partial charge on any atom is -0.356 e. The fraction of sp³-hybridized carbons (Fsp3) is 0.545. The number of rotatable bonds is 4. The van der Waals surface area contributed by atoms with Crippen LogP contribution in [0.1, 0.15) is 19.8 Å². The molecular formula is C11H17ClN4. The number of allylic oxidation sites excluding steroid dienone is 1. The van der Waals surface area contributed by atoms with Gasteiger partial charge in [0, 0.05) is 25.0 Å². The van der Waals surface area contributed by atoms with Crippen LogP contribution in [0.15, 0.2) is 21.3 Å². The predicted octanol–water partition coefficient (Wildman–Crippen LogP) is 2.30. The Kier molecular flexibility index (Phi) is 5.19. The van der Waals surface area contributed by atoms with E-state index in [1.54, 1.807) is 0 Å². The number of nitrogens with one attached hydrogen (secondary N) is 1. The maximum atomic E-state index is 7.45. The summed E-state index contributed by atoms with van der Waals surface area (Å²) in [5, 5.41) is 7.45. The van der Waals surface area contributed by atoms with Crippen LogP contribution in [-0.4, -0.2) is 42.8 Å². The Morgan fingerprint density at radius 3 is 2.56 bits per heavy atom. The number of amidine groups is 1. The first-order valence-electron chi connectivity index (χ1n) is 5.28. The summed E-state index contributed by atoms with van der Waals surface area (Å²) in [4.78, 5) is 10.3. The number of aliphatic imine (C=N–C) groups is 2. The zero-order chi connectivity index (χ0) is 12.0. The molecule has 1 fully saturated rings. The highest BCUT2D eigenvalue weighted by atomic mass is 35.5. The van der Waals surface area contributed by atoms with Gasteiger partial charge in [-0.25, -0.2) is 0 Å². The number of halogens is 1. The monoisotopic (exact) mass is 240 g/mol. The van der Waals surface area contributed by atoms with Gasteiger partial charge in [-0.1, -0.05) is 0 Å². The van der Waals surface area contributed by atoms with E-state index in [1.807, 2.05) is 6.92 Å². The second kappa shape index (κ2) is 6.43. The number of hydrogen-bond donors (Lipinski definition) is 1. The third-order valence-electron chi connectivity index (χ3n) is 2.63. The Hall–Kier alpha value is -1.16. The minimum absolute atomic E-state index is 0.202. The van der Waals surface area contributed by atoms with Gasteiger partial charge in [0.25, 0.3) is 0 Å². The van der Waals surface area contributed by atoms with Gasteiger partial charge in [0.2, 0.25) is 0 Å². The third kappa shape index (κ3) is 2.92. The van der Waals surface area contributed by atoms with E-state index in [2.05, 4.69) is 21.6 Å². The Morgan fingerprint density at radius 2 is 2.12 bits per heavy atom. The molecule has 0 radical (unpaired) electrons. The molecular weight excluding hydrogens is 224 g/mol. The van der Waals surface area contributed by atoms with Gasteiger partial charge in [0.1, 0.15) is 11.8 Å². The van der Waals surface area contributed by atoms with Gasteiger partial charge in [-0.05, 0) is 26.5 Å². The van der Waals surface area contributed by atoms with Crippen molar-refractivity contribution in [2.24, 2.45) is 9.98 Å². The maximum absolute atomic E-state index is 7.45. The van der Waals surface area contributed by atoms with Crippen molar-refractivity contribution in [3.8, 4) is 0 Å². The van der Waals surface area contributed by atoms with Crippen molar-refractivity contribution in [2.45, 2.75) is 19.8 Å². The Bertz CT molecular complexity index is 327. The number of likely N-dealkylation sites (tertiary alicyclic amines) is 1. The molecule has 0 saturated carbocycles. The van der Waals surface area contributed by atoms with Crippen molar-refractivity contribution < 1.29 is 0 Å². The summed E-state index contributed by atoms with van der Waals surface area (Å²) < 4.78 is 0. The highest BCUT2D eigenvalue weighted by Gasteiger charge is 2.19. The summed E-state index contributed by atoms with van der Waals surface area (Å²) >= 11 is 5.67. The van der Waals surface area contributed by atoms with Crippen molar-refractivity contribution in [1.29, 1.82) is 5.41 Å². The van der Waals surface area contributed by atoms with Crippen LogP contribution in [0.25, 0.3) is 0 Å². The second-order valence-corrected chi connectivity index (χ2v) is 3.84. The molecule has 0 aromatic carbocycles. The summed E-state index contributed by atoms with van der Waals surface area (Å²) in [6, 6.07) is 0.202. The largest absolute Gasteiger partial charge is 0.356 e. The molecule has 0 aromatic rings. The summed E-state index contributed by atoms with van der Waals surface area (Å²) in [6.45, 7) is 7.25. The zero-order valence-corrected chi connectivity index (χ0v) is 10.3. The molecule has 0 aliphatic carbocycles. The van der Waals surface area contributed by atoms with Crippen LogP contribution in [0.4, 0.5) is 0 Å². The van der Waals surface area contributed by atoms with Crippen LogP contribution in [0.5, 0.6) is 0 Å². The topological polar surface area (TPSA) is 51.8 Å². The number of alkyl halides is 1. The van der Waals surface area contributed by atoms with E-state index in [4.69, 9.17) is 17.0 Å². The quantitative estimate of drug-likeness (QED) is 0.349. The molecule has 1 aliphatic rings. The summed E-state index contributed by atoms with van der Waals surface area (Å²) in [5.41, 5.74) is 1.42. The van der Waals surface area contributed by atoms with Crippen LogP contribution in [0.2, 0.25) is 0 Å². The van der Waals surface area contributed by atoms with Crippen molar-refractivity contribution >= 4 is 30.4 Å². The molecule has 0 bridgehead atoms. The van der Waals surface area contributed by atoms with Crippen molar-refractivity contribution in [3.63, 3.8) is 0 Å². The molecule has 88 valence electrons. The first kappa shape index (κ1) is 12.9. The average Bonchev–Trinajstić information content (AvgIpc) is 2.81. The Labute approximate surface area is 101 Å². The molecule has 1 heterocycles. The van der Waals surface area contributed by atoms with Crippen LogP contribution in [0.3, 0.4) is 0 Å². The third-order valence-corrected chi connectivity index (χ3v) is 2.75. The molecule has 4 nitrogen and oxygen atoms in total. The van der Waals surface area contributed by atoms with E-state index in [1.165, 1.54) is 6.21 Å².